The Bertz CT molecular complexity index is 1440. The van der Waals surface area contributed by atoms with E-state index >= 15 is 0 Å². The van der Waals surface area contributed by atoms with Crippen LogP contribution in [-0.4, -0.2) is 43.0 Å². The Morgan fingerprint density at radius 3 is 2.54 bits per heavy atom. The molecule has 0 saturated carbocycles. The Kier molecular flexibility index (Phi) is 8.88. The van der Waals surface area contributed by atoms with E-state index in [0.717, 1.165) is 16.0 Å². The molecule has 0 spiro atoms. The number of halogens is 1. The van der Waals surface area contributed by atoms with Gasteiger partial charge in [-0.2, -0.15) is 0 Å². The number of hydrogen-bond acceptors (Lipinski definition) is 6. The predicted molar refractivity (Wildman–Crippen MR) is 151 cm³/mol. The van der Waals surface area contributed by atoms with E-state index in [1.807, 2.05) is 38.1 Å². The Morgan fingerprint density at radius 1 is 1.03 bits per heavy atom. The number of aryl methyl sites for hydroxylation is 1. The number of rotatable bonds is 10. The zero-order valence-corrected chi connectivity index (χ0v) is 23.3. The molecule has 0 bridgehead atoms. The molecule has 9 nitrogen and oxygen atoms in total. The molecule has 0 unspecified atom stereocenters. The third kappa shape index (κ3) is 6.77. The molecule has 1 aliphatic rings. The number of benzene rings is 3. The van der Waals surface area contributed by atoms with Crippen molar-refractivity contribution in [2.75, 3.05) is 25.6 Å². The minimum absolute atomic E-state index is 0.0293. The minimum atomic E-state index is -0.694. The Labute approximate surface area is 234 Å². The summed E-state index contributed by atoms with van der Waals surface area (Å²) in [6.07, 6.45) is 1.52. The molecule has 4 amide bonds. The Hall–Kier alpha value is -4.31. The van der Waals surface area contributed by atoms with E-state index in [1.165, 1.54) is 13.2 Å². The molecule has 202 valence electrons. The third-order valence-corrected chi connectivity index (χ3v) is 6.47. The molecule has 3 aromatic carbocycles. The summed E-state index contributed by atoms with van der Waals surface area (Å²) in [4.78, 5) is 39.0. The van der Waals surface area contributed by atoms with Gasteiger partial charge < -0.3 is 24.8 Å². The molecule has 0 aliphatic carbocycles. The molecule has 10 heteroatoms. The van der Waals surface area contributed by atoms with E-state index in [4.69, 9.17) is 14.2 Å². The summed E-state index contributed by atoms with van der Waals surface area (Å²) >= 11 is 3.52. The van der Waals surface area contributed by atoms with E-state index < -0.39 is 24.4 Å². The van der Waals surface area contributed by atoms with E-state index in [2.05, 4.69) is 26.6 Å². The Balaban J connectivity index is 1.49. The molecule has 3 aromatic rings. The molecule has 0 radical (unpaired) electrons. The largest absolute Gasteiger partial charge is 0.495 e. The maximum absolute atomic E-state index is 13.0. The highest BCUT2D eigenvalue weighted by molar-refractivity contribution is 9.10. The number of ether oxygens (including phenoxy) is 3. The number of urea groups is 1. The van der Waals surface area contributed by atoms with Gasteiger partial charge in [0.15, 0.2) is 11.5 Å². The summed E-state index contributed by atoms with van der Waals surface area (Å²) < 4.78 is 17.7. The predicted octanol–water partition coefficient (Wildman–Crippen LogP) is 5.28. The lowest BCUT2D eigenvalue weighted by Crippen LogP contribution is -2.38. The number of nitrogens with one attached hydrogen (secondary N) is 2. The molecular weight excluding hydrogens is 566 g/mol. The van der Waals surface area contributed by atoms with Crippen LogP contribution in [0, 0.1) is 6.92 Å². The first-order valence-corrected chi connectivity index (χ1v) is 13.0. The van der Waals surface area contributed by atoms with Crippen molar-refractivity contribution in [3.8, 4) is 17.2 Å². The summed E-state index contributed by atoms with van der Waals surface area (Å²) in [6.45, 7) is 4.18. The molecule has 1 aliphatic heterocycles. The van der Waals surface area contributed by atoms with Crippen molar-refractivity contribution in [3.05, 3.63) is 87.5 Å². The number of hydrogen-bond donors (Lipinski definition) is 2. The molecular formula is C29H28BrN3O6. The van der Waals surface area contributed by atoms with Gasteiger partial charge in [0, 0.05) is 4.47 Å². The van der Waals surface area contributed by atoms with Crippen molar-refractivity contribution < 1.29 is 28.6 Å². The van der Waals surface area contributed by atoms with Crippen molar-refractivity contribution in [2.45, 2.75) is 20.5 Å². The van der Waals surface area contributed by atoms with Gasteiger partial charge in [0.05, 0.1) is 19.4 Å². The molecule has 0 aromatic heterocycles. The van der Waals surface area contributed by atoms with Crippen LogP contribution in [0.5, 0.6) is 17.2 Å². The fraction of sp³-hybridized carbons (Fsp3) is 0.207. The number of nitrogens with zero attached hydrogens (tertiary/aromatic N) is 1. The van der Waals surface area contributed by atoms with Gasteiger partial charge in [-0.15, -0.1) is 0 Å². The highest BCUT2D eigenvalue weighted by atomic mass is 79.9. The number of amides is 4. The monoisotopic (exact) mass is 593 g/mol. The minimum Gasteiger partial charge on any atom is -0.495 e. The first kappa shape index (κ1) is 27.7. The average molecular weight is 594 g/mol. The zero-order valence-electron chi connectivity index (χ0n) is 21.7. The van der Waals surface area contributed by atoms with Crippen LogP contribution in [0.1, 0.15) is 23.6 Å². The van der Waals surface area contributed by atoms with Crippen molar-refractivity contribution >= 4 is 45.5 Å². The van der Waals surface area contributed by atoms with E-state index in [1.54, 1.807) is 36.4 Å². The van der Waals surface area contributed by atoms with Crippen molar-refractivity contribution in [1.29, 1.82) is 0 Å². The standard InChI is InChI=1S/C29H28BrN3O6/c1-4-38-25-14-20(21(30)15-26(25)39-17-19-9-7-8-18(2)12-19)13-23-28(35)33(29(36)32-23)16-27(34)31-22-10-5-6-11-24(22)37-3/h5-15H,4,16-17H2,1-3H3,(H,31,34)(H,32,36)/b23-13+. The smallest absolute Gasteiger partial charge is 0.329 e. The molecule has 1 heterocycles. The average Bonchev–Trinajstić information content (AvgIpc) is 3.17. The lowest BCUT2D eigenvalue weighted by Gasteiger charge is -2.14. The van der Waals surface area contributed by atoms with E-state index in [-0.39, 0.29) is 5.70 Å². The summed E-state index contributed by atoms with van der Waals surface area (Å²) in [5.74, 6) is 0.317. The lowest BCUT2D eigenvalue weighted by molar-refractivity contribution is -0.127. The molecule has 1 saturated heterocycles. The second-order valence-electron chi connectivity index (χ2n) is 8.66. The first-order chi connectivity index (χ1) is 18.8. The van der Waals surface area contributed by atoms with Crippen LogP contribution in [-0.2, 0) is 16.2 Å². The van der Waals surface area contributed by atoms with E-state index in [9.17, 15) is 14.4 Å². The molecule has 4 rings (SSSR count). The van der Waals surface area contributed by atoms with Gasteiger partial charge in [0.1, 0.15) is 24.6 Å². The summed E-state index contributed by atoms with van der Waals surface area (Å²) in [5.41, 5.74) is 3.21. The third-order valence-electron chi connectivity index (χ3n) is 5.78. The summed E-state index contributed by atoms with van der Waals surface area (Å²) in [6, 6.07) is 17.7. The topological polar surface area (TPSA) is 106 Å². The quantitative estimate of drug-likeness (QED) is 0.245. The number of imide groups is 1. The van der Waals surface area contributed by atoms with Gasteiger partial charge in [-0.05, 0) is 55.3 Å². The fourth-order valence-electron chi connectivity index (χ4n) is 3.96. The Morgan fingerprint density at radius 2 is 1.79 bits per heavy atom. The van der Waals surface area contributed by atoms with Gasteiger partial charge in [-0.25, -0.2) is 9.69 Å². The molecule has 0 atom stereocenters. The lowest BCUT2D eigenvalue weighted by atomic mass is 10.1. The SMILES string of the molecule is CCOc1cc(/C=C2/NC(=O)N(CC(=O)Nc3ccccc3OC)C2=O)c(Br)cc1OCc1cccc(C)c1. The maximum atomic E-state index is 13.0. The van der Waals surface area contributed by atoms with Crippen LogP contribution in [0.2, 0.25) is 0 Å². The van der Waals surface area contributed by atoms with E-state index in [0.29, 0.717) is 46.2 Å². The molecule has 2 N–H and O–H groups in total. The van der Waals surface area contributed by atoms with Crippen LogP contribution in [0.3, 0.4) is 0 Å². The van der Waals surface area contributed by atoms with Crippen LogP contribution in [0.15, 0.2) is 70.8 Å². The van der Waals surface area contributed by atoms with Gasteiger partial charge in [-0.1, -0.05) is 57.9 Å². The van der Waals surface area contributed by atoms with Gasteiger partial charge in [0.25, 0.3) is 5.91 Å². The highest BCUT2D eigenvalue weighted by Crippen LogP contribution is 2.36. The number of methoxy groups -OCH3 is 1. The number of para-hydroxylation sites is 2. The van der Waals surface area contributed by atoms with Gasteiger partial charge in [0.2, 0.25) is 5.91 Å². The zero-order chi connectivity index (χ0) is 27.9. The highest BCUT2D eigenvalue weighted by Gasteiger charge is 2.35. The maximum Gasteiger partial charge on any atom is 0.329 e. The van der Waals surface area contributed by atoms with Crippen LogP contribution < -0.4 is 24.8 Å². The molecule has 39 heavy (non-hydrogen) atoms. The van der Waals surface area contributed by atoms with Gasteiger partial charge >= 0.3 is 6.03 Å². The second-order valence-corrected chi connectivity index (χ2v) is 9.51. The number of anilines is 1. The second kappa shape index (κ2) is 12.5. The summed E-state index contributed by atoms with van der Waals surface area (Å²) in [7, 11) is 1.48. The fourth-order valence-corrected chi connectivity index (χ4v) is 4.39. The van der Waals surface area contributed by atoms with Crippen molar-refractivity contribution in [2.24, 2.45) is 0 Å². The molecule has 1 fully saturated rings. The number of carbonyl (C=O) groups excluding carboxylic acids is 3. The van der Waals surface area contributed by atoms with Crippen molar-refractivity contribution in [1.82, 2.24) is 10.2 Å². The van der Waals surface area contributed by atoms with Crippen LogP contribution >= 0.6 is 15.9 Å². The number of carbonyl (C=O) groups is 3. The van der Waals surface area contributed by atoms with Crippen LogP contribution in [0.25, 0.3) is 6.08 Å². The first-order valence-electron chi connectivity index (χ1n) is 12.2. The van der Waals surface area contributed by atoms with Crippen LogP contribution in [0.4, 0.5) is 10.5 Å². The summed E-state index contributed by atoms with van der Waals surface area (Å²) in [5, 5.41) is 5.20. The van der Waals surface area contributed by atoms with Gasteiger partial charge in [-0.3, -0.25) is 9.59 Å². The van der Waals surface area contributed by atoms with Crippen molar-refractivity contribution in [3.63, 3.8) is 0 Å². The normalized spacial score (nSPS) is 13.8.